The van der Waals surface area contributed by atoms with Crippen LogP contribution in [0.5, 0.6) is 0 Å². The van der Waals surface area contributed by atoms with Gasteiger partial charge in [-0.2, -0.15) is 0 Å². The number of rotatable bonds is 1. The second-order valence-corrected chi connectivity index (χ2v) is 6.54. The van der Waals surface area contributed by atoms with E-state index in [1.165, 1.54) is 16.7 Å². The molecule has 1 aromatic rings. The van der Waals surface area contributed by atoms with Gasteiger partial charge in [0.1, 0.15) is 0 Å². The second kappa shape index (κ2) is 3.32. The first-order valence-corrected chi connectivity index (χ1v) is 7.27. The van der Waals surface area contributed by atoms with Crippen molar-refractivity contribution in [2.24, 2.45) is 0 Å². The summed E-state index contributed by atoms with van der Waals surface area (Å²) in [6, 6.07) is 0. The number of thiophene rings is 1. The summed E-state index contributed by atoms with van der Waals surface area (Å²) in [5.74, 6) is 0.0304. The summed E-state index contributed by atoms with van der Waals surface area (Å²) in [6.07, 6.45) is 1.85. The van der Waals surface area contributed by atoms with Gasteiger partial charge >= 0.3 is 0 Å². The number of halogens is 1. The van der Waals surface area contributed by atoms with E-state index in [9.17, 15) is 13.2 Å². The zero-order valence-corrected chi connectivity index (χ0v) is 9.51. The monoisotopic (exact) mass is 250 g/mol. The van der Waals surface area contributed by atoms with E-state index < -0.39 is 9.05 Å². The molecule has 0 aliphatic heterocycles. The van der Waals surface area contributed by atoms with Crippen molar-refractivity contribution in [1.29, 1.82) is 0 Å². The Hall–Kier alpha value is -0.390. The summed E-state index contributed by atoms with van der Waals surface area (Å²) in [4.78, 5) is 12.1. The van der Waals surface area contributed by atoms with Crippen molar-refractivity contribution in [2.45, 2.75) is 24.2 Å². The lowest BCUT2D eigenvalue weighted by atomic mass is 9.98. The van der Waals surface area contributed by atoms with Crippen molar-refractivity contribution in [3.8, 4) is 0 Å². The summed E-state index contributed by atoms with van der Waals surface area (Å²) in [5.41, 5.74) is 0.612. The van der Waals surface area contributed by atoms with Gasteiger partial charge in [0.25, 0.3) is 9.05 Å². The molecule has 0 bridgehead atoms. The largest absolute Gasteiger partial charge is 0.293 e. The van der Waals surface area contributed by atoms with Gasteiger partial charge in [0.15, 0.2) is 5.78 Å². The van der Waals surface area contributed by atoms with Crippen molar-refractivity contribution in [3.63, 3.8) is 0 Å². The number of carbonyl (C=O) groups is 1. The molecule has 6 heteroatoms. The fraction of sp³-hybridized carbons (Fsp3) is 0.375. The van der Waals surface area contributed by atoms with E-state index in [4.69, 9.17) is 10.7 Å². The minimum atomic E-state index is -3.69. The summed E-state index contributed by atoms with van der Waals surface area (Å²) in [7, 11) is 1.56. The first-order valence-electron chi connectivity index (χ1n) is 4.08. The van der Waals surface area contributed by atoms with Crippen LogP contribution in [0.15, 0.2) is 10.3 Å². The number of Topliss-reactive ketones (excluding diaryl/α,β-unsaturated/α-hetero) is 1. The van der Waals surface area contributed by atoms with E-state index in [2.05, 4.69) is 0 Å². The van der Waals surface area contributed by atoms with Crippen LogP contribution in [-0.4, -0.2) is 14.2 Å². The zero-order chi connectivity index (χ0) is 10.3. The molecule has 1 heterocycles. The Balaban J connectivity index is 2.63. The Labute approximate surface area is 90.1 Å². The van der Waals surface area contributed by atoms with Crippen molar-refractivity contribution < 1.29 is 13.2 Å². The number of hydrogen-bond donors (Lipinski definition) is 0. The number of ketones is 1. The van der Waals surface area contributed by atoms with Crippen LogP contribution in [0, 0.1) is 0 Å². The van der Waals surface area contributed by atoms with Crippen molar-refractivity contribution >= 4 is 36.9 Å². The smallest absolute Gasteiger partial charge is 0.262 e. The Morgan fingerprint density at radius 3 is 2.71 bits per heavy atom. The lowest BCUT2D eigenvalue weighted by molar-refractivity contribution is 0.0976. The maximum Gasteiger partial charge on any atom is 0.262 e. The quantitative estimate of drug-likeness (QED) is 0.718. The minimum Gasteiger partial charge on any atom is -0.293 e. The number of hydrogen-bond acceptors (Lipinski definition) is 4. The standard InChI is InChI=1S/C8H7ClO3S2/c9-14(11,12)7-4-13-8-5(7)2-1-3-6(8)10/h4H,1-3H2. The third kappa shape index (κ3) is 1.60. The molecule has 0 unspecified atom stereocenters. The van der Waals surface area contributed by atoms with Gasteiger partial charge in [0.2, 0.25) is 0 Å². The average molecular weight is 251 g/mol. The van der Waals surface area contributed by atoms with E-state index in [1.807, 2.05) is 0 Å². The fourth-order valence-electron chi connectivity index (χ4n) is 1.58. The van der Waals surface area contributed by atoms with E-state index in [0.29, 0.717) is 29.7 Å². The Kier molecular flexibility index (Phi) is 2.41. The van der Waals surface area contributed by atoms with Crippen LogP contribution in [0.4, 0.5) is 0 Å². The highest BCUT2D eigenvalue weighted by Crippen LogP contribution is 2.34. The molecule has 0 fully saturated rings. The molecule has 14 heavy (non-hydrogen) atoms. The maximum atomic E-state index is 11.4. The van der Waals surface area contributed by atoms with Crippen LogP contribution in [0.2, 0.25) is 0 Å². The minimum absolute atomic E-state index is 0.0304. The summed E-state index contributed by atoms with van der Waals surface area (Å²) >= 11 is 1.17. The van der Waals surface area contributed by atoms with Gasteiger partial charge in [0.05, 0.1) is 9.77 Å². The van der Waals surface area contributed by atoms with E-state index in [1.54, 1.807) is 0 Å². The first kappa shape index (κ1) is 10.1. The van der Waals surface area contributed by atoms with Gasteiger partial charge < -0.3 is 0 Å². The van der Waals surface area contributed by atoms with Crippen LogP contribution in [-0.2, 0) is 15.5 Å². The lowest BCUT2D eigenvalue weighted by Crippen LogP contribution is -2.09. The highest BCUT2D eigenvalue weighted by atomic mass is 35.7. The van der Waals surface area contributed by atoms with E-state index >= 15 is 0 Å². The Morgan fingerprint density at radius 1 is 1.36 bits per heavy atom. The molecule has 3 nitrogen and oxygen atoms in total. The molecule has 1 aliphatic carbocycles. The van der Waals surface area contributed by atoms with Crippen LogP contribution in [0.25, 0.3) is 0 Å². The van der Waals surface area contributed by atoms with Crippen molar-refractivity contribution in [3.05, 3.63) is 15.8 Å². The van der Waals surface area contributed by atoms with Crippen LogP contribution in [0.1, 0.15) is 28.1 Å². The molecule has 0 spiro atoms. The predicted molar refractivity (Wildman–Crippen MR) is 54.6 cm³/mol. The lowest BCUT2D eigenvalue weighted by Gasteiger charge is -2.10. The SMILES string of the molecule is O=C1CCCc2c(S(=O)(=O)Cl)csc21. The molecule has 1 aliphatic rings. The average Bonchev–Trinajstić information content (AvgIpc) is 2.47. The fourth-order valence-corrected chi connectivity index (χ4v) is 4.31. The van der Waals surface area contributed by atoms with Gasteiger partial charge in [-0.15, -0.1) is 11.3 Å². The van der Waals surface area contributed by atoms with Gasteiger partial charge in [0, 0.05) is 22.5 Å². The molecule has 0 aromatic carbocycles. The van der Waals surface area contributed by atoms with Gasteiger partial charge in [-0.05, 0) is 18.4 Å². The van der Waals surface area contributed by atoms with Crippen LogP contribution >= 0.6 is 22.0 Å². The highest BCUT2D eigenvalue weighted by molar-refractivity contribution is 8.13. The second-order valence-electron chi connectivity index (χ2n) is 3.12. The molecule has 0 atom stereocenters. The van der Waals surface area contributed by atoms with Gasteiger partial charge in [-0.25, -0.2) is 8.42 Å². The van der Waals surface area contributed by atoms with Crippen molar-refractivity contribution in [2.75, 3.05) is 0 Å². The molecule has 76 valence electrons. The van der Waals surface area contributed by atoms with E-state index in [0.717, 1.165) is 0 Å². The maximum absolute atomic E-state index is 11.4. The Bertz CT molecular complexity index is 487. The zero-order valence-electron chi connectivity index (χ0n) is 7.12. The molecule has 0 radical (unpaired) electrons. The Morgan fingerprint density at radius 2 is 2.07 bits per heavy atom. The van der Waals surface area contributed by atoms with E-state index in [-0.39, 0.29) is 10.7 Å². The third-order valence-electron chi connectivity index (χ3n) is 2.20. The third-order valence-corrected chi connectivity index (χ3v) is 4.80. The molecular formula is C8H7ClO3S2. The normalized spacial score (nSPS) is 16.8. The summed E-state index contributed by atoms with van der Waals surface area (Å²) in [5, 5.41) is 1.45. The van der Waals surface area contributed by atoms with Crippen LogP contribution < -0.4 is 0 Å². The highest BCUT2D eigenvalue weighted by Gasteiger charge is 2.26. The molecule has 0 amide bonds. The van der Waals surface area contributed by atoms with Crippen LogP contribution in [0.3, 0.4) is 0 Å². The summed E-state index contributed by atoms with van der Waals surface area (Å²) < 4.78 is 22.3. The number of fused-ring (bicyclic) bond motifs is 1. The molecule has 0 saturated carbocycles. The molecule has 2 rings (SSSR count). The summed E-state index contributed by atoms with van der Waals surface area (Å²) in [6.45, 7) is 0. The molecular weight excluding hydrogens is 244 g/mol. The predicted octanol–water partition coefficient (Wildman–Crippen LogP) is 2.19. The topological polar surface area (TPSA) is 51.2 Å². The van der Waals surface area contributed by atoms with Gasteiger partial charge in [-0.3, -0.25) is 4.79 Å². The molecule has 1 aromatic heterocycles. The number of carbonyl (C=O) groups excluding carboxylic acids is 1. The van der Waals surface area contributed by atoms with Crippen molar-refractivity contribution in [1.82, 2.24) is 0 Å². The first-order chi connectivity index (χ1) is 6.50. The molecule has 0 saturated heterocycles. The molecule has 0 N–H and O–H groups in total. The van der Waals surface area contributed by atoms with Gasteiger partial charge in [-0.1, -0.05) is 0 Å².